The van der Waals surface area contributed by atoms with Crippen molar-refractivity contribution < 1.29 is 19.4 Å². The number of fused-ring (bicyclic) bond motifs is 3. The van der Waals surface area contributed by atoms with Gasteiger partial charge in [-0.1, -0.05) is 6.92 Å². The molecule has 1 aromatic rings. The van der Waals surface area contributed by atoms with Gasteiger partial charge in [-0.05, 0) is 25.0 Å². The predicted molar refractivity (Wildman–Crippen MR) is 87.8 cm³/mol. The van der Waals surface area contributed by atoms with Gasteiger partial charge in [-0.2, -0.15) is 0 Å². The summed E-state index contributed by atoms with van der Waals surface area (Å²) in [5.74, 6) is -0.0450. The second-order valence-electron chi connectivity index (χ2n) is 7.26. The molecule has 0 aromatic carbocycles. The predicted octanol–water partition coefficient (Wildman–Crippen LogP) is 1.21. The number of rotatable bonds is 2. The van der Waals surface area contributed by atoms with Crippen LogP contribution in [0.4, 0.5) is 0 Å². The van der Waals surface area contributed by atoms with Crippen molar-refractivity contribution in [2.24, 2.45) is 11.8 Å². The summed E-state index contributed by atoms with van der Waals surface area (Å²) in [5.41, 5.74) is 0.931. The summed E-state index contributed by atoms with van der Waals surface area (Å²) in [7, 11) is 0. The highest BCUT2D eigenvalue weighted by atomic mass is 16.5. The van der Waals surface area contributed by atoms with Crippen LogP contribution in [0.1, 0.15) is 35.9 Å². The van der Waals surface area contributed by atoms with E-state index >= 15 is 0 Å². The van der Waals surface area contributed by atoms with E-state index in [0.717, 1.165) is 18.5 Å². The molecule has 4 atom stereocenters. The van der Waals surface area contributed by atoms with E-state index in [2.05, 4.69) is 11.9 Å². The van der Waals surface area contributed by atoms with Crippen LogP contribution in [-0.2, 0) is 15.9 Å². The van der Waals surface area contributed by atoms with Crippen LogP contribution < -0.4 is 0 Å². The molecule has 0 saturated carbocycles. The molecule has 0 aliphatic carbocycles. The number of aromatic nitrogens is 1. The number of amides is 1. The van der Waals surface area contributed by atoms with E-state index in [1.54, 1.807) is 0 Å². The second-order valence-corrected chi connectivity index (χ2v) is 7.26. The lowest BCUT2D eigenvalue weighted by atomic mass is 9.66. The summed E-state index contributed by atoms with van der Waals surface area (Å²) in [5, 5.41) is 11.3. The van der Waals surface area contributed by atoms with Crippen molar-refractivity contribution in [1.82, 2.24) is 9.88 Å². The molecule has 4 rings (SSSR count). The van der Waals surface area contributed by atoms with Crippen molar-refractivity contribution >= 4 is 5.91 Å². The Morgan fingerprint density at radius 2 is 2.21 bits per heavy atom. The Hall–Kier alpha value is -1.37. The molecule has 6 heteroatoms. The van der Waals surface area contributed by atoms with Crippen LogP contribution in [0, 0.1) is 11.8 Å². The van der Waals surface area contributed by atoms with Crippen molar-refractivity contribution in [2.75, 3.05) is 33.0 Å². The van der Waals surface area contributed by atoms with Crippen LogP contribution in [0.5, 0.6) is 0 Å². The van der Waals surface area contributed by atoms with E-state index < -0.39 is 5.60 Å². The average Bonchev–Trinajstić information content (AvgIpc) is 3.10. The van der Waals surface area contributed by atoms with E-state index in [-0.39, 0.29) is 23.8 Å². The lowest BCUT2D eigenvalue weighted by molar-refractivity contribution is -0.212. The van der Waals surface area contributed by atoms with Gasteiger partial charge in [0.2, 0.25) is 0 Å². The summed E-state index contributed by atoms with van der Waals surface area (Å²) in [6, 6.07) is 3.88. The number of likely N-dealkylation sites (tertiary alicyclic amines) is 1. The van der Waals surface area contributed by atoms with E-state index in [1.807, 2.05) is 17.0 Å². The minimum absolute atomic E-state index is 0.0271. The van der Waals surface area contributed by atoms with Crippen LogP contribution in [0.15, 0.2) is 12.1 Å². The van der Waals surface area contributed by atoms with E-state index in [4.69, 9.17) is 9.47 Å². The zero-order valence-corrected chi connectivity index (χ0v) is 14.2. The van der Waals surface area contributed by atoms with Gasteiger partial charge >= 0.3 is 0 Å². The molecule has 3 aliphatic heterocycles. The molecule has 2 N–H and O–H groups in total. The minimum Gasteiger partial charge on any atom is -0.389 e. The van der Waals surface area contributed by atoms with Crippen molar-refractivity contribution in [1.29, 1.82) is 0 Å². The highest BCUT2D eigenvalue weighted by molar-refractivity contribution is 5.93. The van der Waals surface area contributed by atoms with Gasteiger partial charge in [0.05, 0.1) is 18.8 Å². The molecule has 4 heterocycles. The third-order valence-electron chi connectivity index (χ3n) is 6.07. The Morgan fingerprint density at radius 1 is 1.38 bits per heavy atom. The van der Waals surface area contributed by atoms with Crippen LogP contribution in [0.2, 0.25) is 0 Å². The fourth-order valence-corrected chi connectivity index (χ4v) is 4.62. The first-order chi connectivity index (χ1) is 11.6. The molecule has 3 aliphatic rings. The van der Waals surface area contributed by atoms with Gasteiger partial charge in [0.1, 0.15) is 5.69 Å². The third-order valence-corrected chi connectivity index (χ3v) is 6.07. The van der Waals surface area contributed by atoms with Gasteiger partial charge in [0, 0.05) is 49.8 Å². The molecular formula is C18H26N2O4. The molecule has 6 nitrogen and oxygen atoms in total. The Labute approximate surface area is 142 Å². The largest absolute Gasteiger partial charge is 0.389 e. The molecule has 3 fully saturated rings. The van der Waals surface area contributed by atoms with Crippen LogP contribution in [0.25, 0.3) is 0 Å². The zero-order chi connectivity index (χ0) is 16.7. The molecule has 1 amide bonds. The molecule has 0 spiro atoms. The molecule has 3 saturated heterocycles. The van der Waals surface area contributed by atoms with Gasteiger partial charge in [-0.15, -0.1) is 0 Å². The topological polar surface area (TPSA) is 74.8 Å². The number of nitrogens with zero attached hydrogens (tertiary/aromatic N) is 1. The molecule has 132 valence electrons. The quantitative estimate of drug-likeness (QED) is 0.852. The molecule has 1 aromatic heterocycles. The first-order valence-corrected chi connectivity index (χ1v) is 9.00. The number of aliphatic hydroxyl groups is 1. The molecule has 0 unspecified atom stereocenters. The zero-order valence-electron chi connectivity index (χ0n) is 14.2. The number of piperidine rings is 1. The van der Waals surface area contributed by atoms with Gasteiger partial charge in [-0.25, -0.2) is 0 Å². The van der Waals surface area contributed by atoms with Crippen molar-refractivity contribution in [3.05, 3.63) is 23.5 Å². The summed E-state index contributed by atoms with van der Waals surface area (Å²) >= 11 is 0. The number of nitrogens with one attached hydrogen (secondary N) is 1. The van der Waals surface area contributed by atoms with E-state index in [1.165, 1.54) is 0 Å². The summed E-state index contributed by atoms with van der Waals surface area (Å²) in [4.78, 5) is 18.3. The van der Waals surface area contributed by atoms with Gasteiger partial charge in [-0.3, -0.25) is 4.79 Å². The van der Waals surface area contributed by atoms with E-state index in [9.17, 15) is 9.90 Å². The Bertz CT molecular complexity index is 616. The van der Waals surface area contributed by atoms with Crippen molar-refractivity contribution in [3.8, 4) is 0 Å². The highest BCUT2D eigenvalue weighted by Crippen LogP contribution is 2.44. The first-order valence-electron chi connectivity index (χ1n) is 9.00. The fourth-order valence-electron chi connectivity index (χ4n) is 4.62. The van der Waals surface area contributed by atoms with Crippen LogP contribution in [-0.4, -0.2) is 65.5 Å². The highest BCUT2D eigenvalue weighted by Gasteiger charge is 2.56. The van der Waals surface area contributed by atoms with E-state index in [0.29, 0.717) is 45.1 Å². The standard InChI is InChI=1S/C18H26N2O4/c1-2-13-3-4-15(19-13)17(21)20-9-12-10-24-8-6-18(12,22)14-11-23-7-5-16(14)20/h3-4,12,14,16,19,22H,2,5-11H2,1H3/t12-,14+,16-,18-/m0/s1. The smallest absolute Gasteiger partial charge is 0.270 e. The SMILES string of the molecule is CCc1ccc(C(=O)N2C[C@H]3COCC[C@@]3(O)[C@@H]3COCC[C@@H]32)[nH]1. The lowest BCUT2D eigenvalue weighted by Crippen LogP contribution is -2.68. The number of carbonyl (C=O) groups excluding carboxylic acids is 1. The number of ether oxygens (including phenoxy) is 2. The molecule has 0 bridgehead atoms. The third kappa shape index (κ3) is 2.48. The monoisotopic (exact) mass is 334 g/mol. The maximum absolute atomic E-state index is 13.1. The normalized spacial score (nSPS) is 36.1. The van der Waals surface area contributed by atoms with Gasteiger partial charge in [0.25, 0.3) is 5.91 Å². The minimum atomic E-state index is -0.773. The van der Waals surface area contributed by atoms with Gasteiger partial charge < -0.3 is 24.5 Å². The second kappa shape index (κ2) is 6.17. The molecule has 0 radical (unpaired) electrons. The van der Waals surface area contributed by atoms with Crippen LogP contribution >= 0.6 is 0 Å². The maximum atomic E-state index is 13.1. The fraction of sp³-hybridized carbons (Fsp3) is 0.722. The Balaban J connectivity index is 1.63. The lowest BCUT2D eigenvalue weighted by Gasteiger charge is -2.57. The Kier molecular flexibility index (Phi) is 4.14. The van der Waals surface area contributed by atoms with Crippen molar-refractivity contribution in [2.45, 2.75) is 37.8 Å². The number of H-pyrrole nitrogens is 1. The number of hydrogen-bond acceptors (Lipinski definition) is 4. The first kappa shape index (κ1) is 16.1. The maximum Gasteiger partial charge on any atom is 0.270 e. The molecular weight excluding hydrogens is 308 g/mol. The van der Waals surface area contributed by atoms with Crippen LogP contribution in [0.3, 0.4) is 0 Å². The summed E-state index contributed by atoms with van der Waals surface area (Å²) in [6.07, 6.45) is 2.30. The number of aromatic amines is 1. The summed E-state index contributed by atoms with van der Waals surface area (Å²) in [6.45, 7) is 4.88. The molecule has 24 heavy (non-hydrogen) atoms. The number of carbonyl (C=O) groups is 1. The van der Waals surface area contributed by atoms with Gasteiger partial charge in [0.15, 0.2) is 0 Å². The number of hydrogen-bond donors (Lipinski definition) is 2. The van der Waals surface area contributed by atoms with Crippen molar-refractivity contribution in [3.63, 3.8) is 0 Å². The Morgan fingerprint density at radius 3 is 3.00 bits per heavy atom. The summed E-state index contributed by atoms with van der Waals surface area (Å²) < 4.78 is 11.3. The average molecular weight is 334 g/mol. The number of aryl methyl sites for hydroxylation is 1.